The third kappa shape index (κ3) is 5.84. The Morgan fingerprint density at radius 3 is 2.64 bits per heavy atom. The molecule has 1 aromatic carbocycles. The molecule has 1 heterocycles. The Morgan fingerprint density at radius 2 is 2.08 bits per heavy atom. The van der Waals surface area contributed by atoms with E-state index in [1.54, 1.807) is 13.3 Å². The van der Waals surface area contributed by atoms with Gasteiger partial charge < -0.3 is 15.5 Å². The first-order chi connectivity index (χ1) is 11.7. The molecule has 0 saturated carbocycles. The first kappa shape index (κ1) is 21.1. The molecule has 138 valence electrons. The molecule has 0 aliphatic rings. The van der Waals surface area contributed by atoms with Crippen LogP contribution in [0.1, 0.15) is 5.56 Å². The first-order valence-electron chi connectivity index (χ1n) is 7.18. The number of anilines is 2. The number of rotatable bonds is 9. The van der Waals surface area contributed by atoms with E-state index in [1.165, 1.54) is 11.0 Å². The summed E-state index contributed by atoms with van der Waals surface area (Å²) in [7, 11) is 1.62. The van der Waals surface area contributed by atoms with Crippen molar-refractivity contribution >= 4 is 53.5 Å². The normalized spacial score (nSPS) is 10.5. The van der Waals surface area contributed by atoms with Crippen molar-refractivity contribution in [3.05, 3.63) is 30.1 Å². The van der Waals surface area contributed by atoms with Gasteiger partial charge in [0.05, 0.1) is 19.0 Å². The van der Waals surface area contributed by atoms with Crippen molar-refractivity contribution in [3.8, 4) is 5.75 Å². The number of ether oxygens (including phenoxy) is 1. The highest BCUT2D eigenvalue weighted by Crippen LogP contribution is 2.29. The number of methoxy groups -OCH3 is 1. The molecule has 0 amide bonds. The van der Waals surface area contributed by atoms with E-state index in [4.69, 9.17) is 33.8 Å². The van der Waals surface area contributed by atoms with Gasteiger partial charge in [0.2, 0.25) is 0 Å². The summed E-state index contributed by atoms with van der Waals surface area (Å²) >= 11 is 11.7. The zero-order chi connectivity index (χ0) is 17.4. The van der Waals surface area contributed by atoms with E-state index in [2.05, 4.69) is 25.6 Å². The molecule has 0 aliphatic carbocycles. The monoisotopic (exact) mass is 407 g/mol. The first-order valence-corrected chi connectivity index (χ1v) is 8.25. The van der Waals surface area contributed by atoms with E-state index < -0.39 is 0 Å². The Balaban J connectivity index is 0.00000312. The second-order valence-electron chi connectivity index (χ2n) is 4.73. The second-order valence-corrected chi connectivity index (χ2v) is 5.48. The van der Waals surface area contributed by atoms with Crippen LogP contribution >= 0.6 is 35.6 Å². The second kappa shape index (κ2) is 10.9. The Bertz CT molecular complexity index is 674. The molecule has 0 bridgehead atoms. The van der Waals surface area contributed by atoms with E-state index in [-0.39, 0.29) is 12.4 Å². The highest BCUT2D eigenvalue weighted by atomic mass is 35.5. The largest absolute Gasteiger partial charge is 0.495 e. The number of nitrogens with one attached hydrogen (secondary N) is 1. The van der Waals surface area contributed by atoms with Gasteiger partial charge in [0, 0.05) is 24.8 Å². The summed E-state index contributed by atoms with van der Waals surface area (Å²) in [5, 5.41) is 11.5. The molecule has 0 saturated heterocycles. The van der Waals surface area contributed by atoms with Crippen LogP contribution in [0.3, 0.4) is 0 Å². The predicted octanol–water partition coefficient (Wildman–Crippen LogP) is 2.15. The molecule has 0 radical (unpaired) electrons. The van der Waals surface area contributed by atoms with E-state index in [1.807, 2.05) is 18.2 Å². The zero-order valence-corrected chi connectivity index (χ0v) is 15.9. The van der Waals surface area contributed by atoms with Crippen LogP contribution in [0.5, 0.6) is 5.75 Å². The van der Waals surface area contributed by atoms with Crippen LogP contribution in [-0.2, 0) is 0 Å². The van der Waals surface area contributed by atoms with Gasteiger partial charge in [-0.2, -0.15) is 5.10 Å². The minimum Gasteiger partial charge on any atom is -0.495 e. The van der Waals surface area contributed by atoms with Crippen molar-refractivity contribution in [1.82, 2.24) is 14.9 Å². The quantitative estimate of drug-likeness (QED) is 0.286. The van der Waals surface area contributed by atoms with Crippen LogP contribution in [-0.4, -0.2) is 53.0 Å². The van der Waals surface area contributed by atoms with E-state index >= 15 is 0 Å². The van der Waals surface area contributed by atoms with Crippen LogP contribution < -0.4 is 20.9 Å². The van der Waals surface area contributed by atoms with Crippen LogP contribution in [0.25, 0.3) is 0 Å². The standard InChI is InChI=1S/C14H19Cl2N7O.ClH/c1-24-13-8-11(9-18-20-14-21-19-10-23(14)17)2-3-12(13)22(6-4-15)7-5-16;/h2-3,8-10H,4-7,17H2,1H3,(H,20,21);1H/b18-9+;. The molecule has 2 rings (SSSR count). The number of nitrogens with two attached hydrogens (primary N) is 1. The number of halogens is 3. The van der Waals surface area contributed by atoms with E-state index in [0.717, 1.165) is 17.0 Å². The van der Waals surface area contributed by atoms with Gasteiger partial charge >= 0.3 is 0 Å². The van der Waals surface area contributed by atoms with Crippen molar-refractivity contribution in [2.45, 2.75) is 0 Å². The van der Waals surface area contributed by atoms with Gasteiger partial charge in [-0.15, -0.1) is 45.8 Å². The SMILES string of the molecule is COc1cc(/C=N/Nc2nncn2N)ccc1N(CCCl)CCCl.Cl. The molecule has 0 atom stereocenters. The van der Waals surface area contributed by atoms with Crippen LogP contribution in [0.4, 0.5) is 11.6 Å². The molecule has 25 heavy (non-hydrogen) atoms. The Kier molecular flexibility index (Phi) is 9.18. The summed E-state index contributed by atoms with van der Waals surface area (Å²) in [5.41, 5.74) is 4.49. The maximum absolute atomic E-state index is 5.86. The number of alkyl halides is 2. The molecule has 0 spiro atoms. The van der Waals surface area contributed by atoms with Crippen molar-refractivity contribution in [2.24, 2.45) is 5.10 Å². The highest BCUT2D eigenvalue weighted by molar-refractivity contribution is 6.18. The Morgan fingerprint density at radius 1 is 1.36 bits per heavy atom. The number of hydrogen-bond acceptors (Lipinski definition) is 7. The van der Waals surface area contributed by atoms with E-state index in [0.29, 0.717) is 30.8 Å². The smallest absolute Gasteiger partial charge is 0.263 e. The number of nitrogen functional groups attached to an aromatic ring is 1. The van der Waals surface area contributed by atoms with Crippen molar-refractivity contribution in [2.75, 3.05) is 48.1 Å². The maximum atomic E-state index is 5.86. The summed E-state index contributed by atoms with van der Waals surface area (Å²) in [6.45, 7) is 1.37. The molecular formula is C14H20Cl3N7O. The summed E-state index contributed by atoms with van der Waals surface area (Å²) in [6.07, 6.45) is 3.01. The average Bonchev–Trinajstić information content (AvgIpc) is 3.00. The Labute approximate surface area is 162 Å². The third-order valence-electron chi connectivity index (χ3n) is 3.20. The number of hydrogen-bond donors (Lipinski definition) is 2. The number of nitrogens with zero attached hydrogens (tertiary/aromatic N) is 5. The van der Waals surface area contributed by atoms with Crippen molar-refractivity contribution in [3.63, 3.8) is 0 Å². The number of aromatic nitrogens is 3. The minimum absolute atomic E-state index is 0. The molecule has 0 aliphatic heterocycles. The van der Waals surface area contributed by atoms with Gasteiger partial charge in [-0.3, -0.25) is 0 Å². The van der Waals surface area contributed by atoms with Crippen molar-refractivity contribution < 1.29 is 4.74 Å². The van der Waals surface area contributed by atoms with Gasteiger partial charge in [-0.25, -0.2) is 10.1 Å². The fraction of sp³-hybridized carbons (Fsp3) is 0.357. The van der Waals surface area contributed by atoms with Gasteiger partial charge in [-0.1, -0.05) is 6.07 Å². The summed E-state index contributed by atoms with van der Waals surface area (Å²) in [4.78, 5) is 2.08. The molecule has 0 fully saturated rings. The van der Waals surface area contributed by atoms with E-state index in [9.17, 15) is 0 Å². The topological polar surface area (TPSA) is 93.6 Å². The molecule has 8 nitrogen and oxygen atoms in total. The lowest BCUT2D eigenvalue weighted by Gasteiger charge is -2.25. The molecular weight excluding hydrogens is 389 g/mol. The fourth-order valence-electron chi connectivity index (χ4n) is 2.08. The summed E-state index contributed by atoms with van der Waals surface area (Å²) in [5.74, 6) is 7.65. The molecule has 3 N–H and O–H groups in total. The average molecular weight is 409 g/mol. The fourth-order valence-corrected chi connectivity index (χ4v) is 2.49. The van der Waals surface area contributed by atoms with Gasteiger partial charge in [0.1, 0.15) is 12.1 Å². The lowest BCUT2D eigenvalue weighted by Crippen LogP contribution is -2.28. The molecule has 11 heteroatoms. The van der Waals surface area contributed by atoms with Crippen LogP contribution in [0, 0.1) is 0 Å². The minimum atomic E-state index is 0. The molecule has 0 unspecified atom stereocenters. The molecule has 2 aromatic rings. The summed E-state index contributed by atoms with van der Waals surface area (Å²) < 4.78 is 6.71. The predicted molar refractivity (Wildman–Crippen MR) is 105 cm³/mol. The van der Waals surface area contributed by atoms with Crippen LogP contribution in [0.2, 0.25) is 0 Å². The van der Waals surface area contributed by atoms with Gasteiger partial charge in [0.15, 0.2) is 0 Å². The number of hydrazone groups is 1. The number of benzene rings is 1. The lowest BCUT2D eigenvalue weighted by molar-refractivity contribution is 0.414. The zero-order valence-electron chi connectivity index (χ0n) is 13.6. The highest BCUT2D eigenvalue weighted by Gasteiger charge is 2.11. The van der Waals surface area contributed by atoms with Gasteiger partial charge in [-0.05, 0) is 17.7 Å². The maximum Gasteiger partial charge on any atom is 0.263 e. The van der Waals surface area contributed by atoms with Gasteiger partial charge in [0.25, 0.3) is 5.95 Å². The lowest BCUT2D eigenvalue weighted by atomic mass is 10.2. The third-order valence-corrected chi connectivity index (χ3v) is 3.54. The Hall–Kier alpha value is -1.90. The molecule has 1 aromatic heterocycles. The summed E-state index contributed by atoms with van der Waals surface area (Å²) in [6, 6.07) is 5.75. The van der Waals surface area contributed by atoms with Crippen molar-refractivity contribution in [1.29, 1.82) is 0 Å². The van der Waals surface area contributed by atoms with Crippen LogP contribution in [0.15, 0.2) is 29.6 Å².